The maximum Gasteiger partial charge on any atom is 0.270 e. The quantitative estimate of drug-likeness (QED) is 0.556. The fraction of sp³-hybridized carbons (Fsp3) is 0.300. The summed E-state index contributed by atoms with van der Waals surface area (Å²) in [7, 11) is 3.51. The molecule has 0 aliphatic rings. The molecule has 0 aliphatic carbocycles. The molecule has 0 unspecified atom stereocenters. The van der Waals surface area contributed by atoms with Crippen LogP contribution in [0.25, 0.3) is 0 Å². The van der Waals surface area contributed by atoms with Crippen molar-refractivity contribution in [1.82, 2.24) is 0 Å². The van der Waals surface area contributed by atoms with Gasteiger partial charge in [-0.25, -0.2) is 0 Å². The van der Waals surface area contributed by atoms with Crippen molar-refractivity contribution in [3.8, 4) is 0 Å². The average molecular weight is 384 g/mol. The molecule has 0 saturated heterocycles. The average Bonchev–Trinajstić information content (AvgIpc) is 2.61. The van der Waals surface area contributed by atoms with Gasteiger partial charge in [-0.05, 0) is 36.2 Å². The third kappa shape index (κ3) is 5.54. The van der Waals surface area contributed by atoms with E-state index in [0.29, 0.717) is 23.5 Å². The summed E-state index contributed by atoms with van der Waals surface area (Å²) >= 11 is 0. The first-order valence-electron chi connectivity index (χ1n) is 8.84. The Kier molecular flexibility index (Phi) is 6.70. The van der Waals surface area contributed by atoms with Crippen LogP contribution in [-0.2, 0) is 4.79 Å². The monoisotopic (exact) mass is 384 g/mol. The number of hydrogen-bond donors (Lipinski definition) is 2. The van der Waals surface area contributed by atoms with Crippen molar-refractivity contribution < 1.29 is 14.5 Å². The summed E-state index contributed by atoms with van der Waals surface area (Å²) in [5.74, 6) is -0.262. The van der Waals surface area contributed by atoms with Crippen molar-refractivity contribution >= 4 is 34.6 Å². The van der Waals surface area contributed by atoms with Crippen LogP contribution in [-0.4, -0.2) is 30.8 Å². The fourth-order valence-corrected chi connectivity index (χ4v) is 2.63. The van der Waals surface area contributed by atoms with Gasteiger partial charge in [-0.1, -0.05) is 13.8 Å². The first kappa shape index (κ1) is 20.9. The van der Waals surface area contributed by atoms with E-state index >= 15 is 0 Å². The Labute approximate surface area is 163 Å². The Hall–Kier alpha value is -3.42. The maximum atomic E-state index is 12.7. The molecule has 2 rings (SSSR count). The third-order valence-corrected chi connectivity index (χ3v) is 3.94. The molecule has 0 radical (unpaired) electrons. The molecule has 0 bridgehead atoms. The van der Waals surface area contributed by atoms with Gasteiger partial charge in [0, 0.05) is 49.7 Å². The number of nitrogens with zero attached hydrogens (tertiary/aromatic N) is 2. The van der Waals surface area contributed by atoms with E-state index in [0.717, 1.165) is 0 Å². The van der Waals surface area contributed by atoms with E-state index < -0.39 is 10.8 Å². The van der Waals surface area contributed by atoms with Crippen molar-refractivity contribution in [2.75, 3.05) is 29.6 Å². The molecular weight excluding hydrogens is 360 g/mol. The topological polar surface area (TPSA) is 105 Å². The zero-order valence-electron chi connectivity index (χ0n) is 16.4. The summed E-state index contributed by atoms with van der Waals surface area (Å²) in [6, 6.07) is 10.9. The SMILES string of the molecule is CC(C)CC(=O)Nc1ccc(NC(=O)c2cc([N+](=O)[O-])ccc2N(C)C)cc1. The van der Waals surface area contributed by atoms with Gasteiger partial charge in [0.2, 0.25) is 5.91 Å². The van der Waals surface area contributed by atoms with E-state index in [2.05, 4.69) is 10.6 Å². The van der Waals surface area contributed by atoms with Gasteiger partial charge in [0.1, 0.15) is 0 Å². The van der Waals surface area contributed by atoms with Gasteiger partial charge >= 0.3 is 0 Å². The van der Waals surface area contributed by atoms with E-state index in [9.17, 15) is 19.7 Å². The minimum absolute atomic E-state index is 0.0704. The van der Waals surface area contributed by atoms with Crippen LogP contribution in [0.2, 0.25) is 0 Å². The van der Waals surface area contributed by atoms with Gasteiger partial charge in [0.15, 0.2) is 0 Å². The molecule has 0 fully saturated rings. The van der Waals surface area contributed by atoms with Crippen molar-refractivity contribution in [3.05, 3.63) is 58.1 Å². The number of nitrogens with one attached hydrogen (secondary N) is 2. The van der Waals surface area contributed by atoms with Crippen LogP contribution in [0.15, 0.2) is 42.5 Å². The van der Waals surface area contributed by atoms with Crippen LogP contribution in [0, 0.1) is 16.0 Å². The number of carbonyl (C=O) groups is 2. The molecule has 2 aromatic rings. The minimum atomic E-state index is -0.537. The van der Waals surface area contributed by atoms with Crippen molar-refractivity contribution in [2.45, 2.75) is 20.3 Å². The highest BCUT2D eigenvalue weighted by molar-refractivity contribution is 6.08. The van der Waals surface area contributed by atoms with Crippen LogP contribution in [0.5, 0.6) is 0 Å². The highest BCUT2D eigenvalue weighted by Crippen LogP contribution is 2.25. The number of anilines is 3. The van der Waals surface area contributed by atoms with E-state index in [1.54, 1.807) is 49.3 Å². The summed E-state index contributed by atoms with van der Waals surface area (Å²) < 4.78 is 0. The zero-order valence-corrected chi connectivity index (χ0v) is 16.4. The lowest BCUT2D eigenvalue weighted by Gasteiger charge is -2.17. The molecular formula is C20H24N4O4. The number of hydrogen-bond acceptors (Lipinski definition) is 5. The van der Waals surface area contributed by atoms with Crippen molar-refractivity contribution in [3.63, 3.8) is 0 Å². The van der Waals surface area contributed by atoms with Gasteiger partial charge < -0.3 is 15.5 Å². The predicted octanol–water partition coefficient (Wildman–Crippen LogP) is 3.90. The zero-order chi connectivity index (χ0) is 20.8. The van der Waals surface area contributed by atoms with E-state index in [4.69, 9.17) is 0 Å². The number of nitro groups is 1. The van der Waals surface area contributed by atoms with E-state index in [-0.39, 0.29) is 23.1 Å². The second-order valence-electron chi connectivity index (χ2n) is 7.03. The van der Waals surface area contributed by atoms with Crippen LogP contribution in [0.4, 0.5) is 22.7 Å². The lowest BCUT2D eigenvalue weighted by atomic mass is 10.1. The minimum Gasteiger partial charge on any atom is -0.377 e. The number of non-ortho nitro benzene ring substituents is 1. The van der Waals surface area contributed by atoms with Crippen molar-refractivity contribution in [2.24, 2.45) is 5.92 Å². The molecule has 0 saturated carbocycles. The number of amides is 2. The van der Waals surface area contributed by atoms with Gasteiger partial charge in [-0.15, -0.1) is 0 Å². The summed E-state index contributed by atoms with van der Waals surface area (Å²) in [5, 5.41) is 16.6. The van der Waals surface area contributed by atoms with Crippen molar-refractivity contribution in [1.29, 1.82) is 0 Å². The second kappa shape index (κ2) is 8.98. The number of carbonyl (C=O) groups excluding carboxylic acids is 2. The Balaban J connectivity index is 2.15. The number of nitro benzene ring substituents is 1. The lowest BCUT2D eigenvalue weighted by Crippen LogP contribution is -2.19. The lowest BCUT2D eigenvalue weighted by molar-refractivity contribution is -0.384. The third-order valence-electron chi connectivity index (χ3n) is 3.94. The Morgan fingerprint density at radius 3 is 2.11 bits per heavy atom. The van der Waals surface area contributed by atoms with Crippen LogP contribution in [0.1, 0.15) is 30.6 Å². The van der Waals surface area contributed by atoms with Gasteiger partial charge in [0.05, 0.1) is 10.5 Å². The van der Waals surface area contributed by atoms with Gasteiger partial charge in [-0.2, -0.15) is 0 Å². The number of benzene rings is 2. The molecule has 2 amide bonds. The van der Waals surface area contributed by atoms with Crippen LogP contribution in [0.3, 0.4) is 0 Å². The largest absolute Gasteiger partial charge is 0.377 e. The summed E-state index contributed by atoms with van der Waals surface area (Å²) in [6.07, 6.45) is 0.429. The summed E-state index contributed by atoms with van der Waals surface area (Å²) in [4.78, 5) is 36.7. The maximum absolute atomic E-state index is 12.7. The molecule has 8 heteroatoms. The highest BCUT2D eigenvalue weighted by atomic mass is 16.6. The molecule has 28 heavy (non-hydrogen) atoms. The molecule has 0 heterocycles. The van der Waals surface area contributed by atoms with Crippen LogP contribution >= 0.6 is 0 Å². The molecule has 2 aromatic carbocycles. The Morgan fingerprint density at radius 1 is 1.04 bits per heavy atom. The predicted molar refractivity (Wildman–Crippen MR) is 110 cm³/mol. The Morgan fingerprint density at radius 2 is 1.61 bits per heavy atom. The molecule has 2 N–H and O–H groups in total. The molecule has 8 nitrogen and oxygen atoms in total. The van der Waals surface area contributed by atoms with Crippen LogP contribution < -0.4 is 15.5 Å². The fourth-order valence-electron chi connectivity index (χ4n) is 2.63. The standard InChI is InChI=1S/C20H24N4O4/c1-13(2)11-19(25)21-14-5-7-15(8-6-14)22-20(26)17-12-16(24(27)28)9-10-18(17)23(3)4/h5-10,12-13H,11H2,1-4H3,(H,21,25)(H,22,26). The first-order valence-corrected chi connectivity index (χ1v) is 8.84. The van der Waals surface area contributed by atoms with E-state index in [1.165, 1.54) is 12.1 Å². The first-order chi connectivity index (χ1) is 13.2. The van der Waals surface area contributed by atoms with Gasteiger partial charge in [0.25, 0.3) is 11.6 Å². The molecule has 0 aliphatic heterocycles. The second-order valence-corrected chi connectivity index (χ2v) is 7.03. The summed E-state index contributed by atoms with van der Waals surface area (Å²) in [6.45, 7) is 3.93. The summed E-state index contributed by atoms with van der Waals surface area (Å²) in [5.41, 5.74) is 1.77. The number of rotatable bonds is 7. The van der Waals surface area contributed by atoms with Gasteiger partial charge in [-0.3, -0.25) is 19.7 Å². The molecule has 0 aromatic heterocycles. The molecule has 148 valence electrons. The smallest absolute Gasteiger partial charge is 0.270 e. The Bertz CT molecular complexity index is 876. The van der Waals surface area contributed by atoms with E-state index in [1.807, 2.05) is 13.8 Å². The molecule has 0 atom stereocenters. The normalized spacial score (nSPS) is 10.5. The highest BCUT2D eigenvalue weighted by Gasteiger charge is 2.18. The molecule has 0 spiro atoms.